The van der Waals surface area contributed by atoms with Gasteiger partial charge >= 0.3 is 0 Å². The van der Waals surface area contributed by atoms with Crippen molar-refractivity contribution in [3.63, 3.8) is 0 Å². The van der Waals surface area contributed by atoms with Gasteiger partial charge in [0, 0.05) is 6.54 Å². The largest absolute Gasteiger partial charge is 0.493 e. The molecule has 3 N–H and O–H groups in total. The van der Waals surface area contributed by atoms with Gasteiger partial charge < -0.3 is 20.5 Å². The minimum Gasteiger partial charge on any atom is -0.493 e. The summed E-state index contributed by atoms with van der Waals surface area (Å²) >= 11 is 0. The van der Waals surface area contributed by atoms with Crippen LogP contribution in [0.25, 0.3) is 0 Å². The van der Waals surface area contributed by atoms with E-state index in [1.54, 1.807) is 13.2 Å². The lowest BCUT2D eigenvalue weighted by molar-refractivity contribution is -0.125. The number of carbonyl (C=O) groups is 1. The Kier molecular flexibility index (Phi) is 7.62. The highest BCUT2D eigenvalue weighted by Gasteiger charge is 2.26. The molecule has 0 saturated carbocycles. The number of amides is 1. The normalized spacial score (nSPS) is 11.0. The van der Waals surface area contributed by atoms with Crippen molar-refractivity contribution in [3.05, 3.63) is 36.4 Å². The fourth-order valence-corrected chi connectivity index (χ4v) is 2.37. The van der Waals surface area contributed by atoms with Gasteiger partial charge in [-0.3, -0.25) is 4.79 Å². The van der Waals surface area contributed by atoms with Crippen LogP contribution in [0.1, 0.15) is 32.3 Å². The van der Waals surface area contributed by atoms with Gasteiger partial charge in [0.1, 0.15) is 0 Å². The molecule has 0 aliphatic rings. The molecule has 0 saturated heterocycles. The summed E-state index contributed by atoms with van der Waals surface area (Å²) in [5.74, 6) is 0.964. The van der Waals surface area contributed by atoms with E-state index in [0.29, 0.717) is 18.0 Å². The Morgan fingerprint density at radius 1 is 1.35 bits per heavy atom. The molecule has 0 unspecified atom stereocenters. The quantitative estimate of drug-likeness (QED) is 0.649. The summed E-state index contributed by atoms with van der Waals surface area (Å²) in [7, 11) is 1.58. The van der Waals surface area contributed by atoms with Crippen LogP contribution < -0.4 is 20.5 Å². The third-order valence-corrected chi connectivity index (χ3v) is 4.12. The molecule has 1 amide bonds. The van der Waals surface area contributed by atoms with E-state index in [4.69, 9.17) is 15.2 Å². The molecule has 5 nitrogen and oxygen atoms in total. The van der Waals surface area contributed by atoms with Crippen LogP contribution in [-0.4, -0.2) is 31.7 Å². The van der Waals surface area contributed by atoms with Crippen LogP contribution in [0.5, 0.6) is 11.5 Å². The van der Waals surface area contributed by atoms with Crippen molar-refractivity contribution in [2.75, 3.05) is 20.3 Å². The molecule has 1 aromatic rings. The molecule has 0 aliphatic heterocycles. The van der Waals surface area contributed by atoms with Crippen LogP contribution >= 0.6 is 0 Å². The summed E-state index contributed by atoms with van der Waals surface area (Å²) in [4.78, 5) is 12.1. The van der Waals surface area contributed by atoms with Crippen molar-refractivity contribution in [1.29, 1.82) is 0 Å². The first kappa shape index (κ1) is 19.0. The molecule has 0 aliphatic carbocycles. The number of ether oxygens (including phenoxy) is 2. The van der Waals surface area contributed by atoms with Crippen LogP contribution in [0.4, 0.5) is 0 Å². The highest BCUT2D eigenvalue weighted by atomic mass is 16.5. The molecule has 23 heavy (non-hydrogen) atoms. The van der Waals surface area contributed by atoms with Crippen LogP contribution in [0.3, 0.4) is 0 Å². The van der Waals surface area contributed by atoms with Crippen LogP contribution in [-0.2, 0) is 11.2 Å². The molecule has 1 rings (SSSR count). The molecule has 0 fully saturated rings. The summed E-state index contributed by atoms with van der Waals surface area (Å²) in [6.07, 6.45) is 4.14. The molecule has 0 bridgehead atoms. The second-order valence-corrected chi connectivity index (χ2v) is 5.51. The zero-order valence-electron chi connectivity index (χ0n) is 14.4. The molecular weight excluding hydrogens is 292 g/mol. The highest BCUT2D eigenvalue weighted by Crippen LogP contribution is 2.28. The maximum absolute atomic E-state index is 12.1. The van der Waals surface area contributed by atoms with Crippen molar-refractivity contribution in [1.82, 2.24) is 5.32 Å². The molecule has 128 valence electrons. The Bertz CT molecular complexity index is 517. The van der Waals surface area contributed by atoms with E-state index in [-0.39, 0.29) is 18.1 Å². The van der Waals surface area contributed by atoms with Crippen molar-refractivity contribution in [2.24, 2.45) is 5.73 Å². The van der Waals surface area contributed by atoms with Crippen molar-refractivity contribution >= 4 is 5.91 Å². The van der Waals surface area contributed by atoms with Gasteiger partial charge in [-0.15, -0.1) is 6.58 Å². The number of methoxy groups -OCH3 is 1. The molecule has 0 aromatic heterocycles. The standard InChI is InChI=1S/C18H28N2O3/c1-5-8-14-9-10-15(16(11-14)22-4)23-12-17(21)20-18(6-2,7-3)13-19/h5,9-11H,1,6-8,12-13,19H2,2-4H3,(H,20,21). The van der Waals surface area contributed by atoms with Crippen LogP contribution in [0.2, 0.25) is 0 Å². The monoisotopic (exact) mass is 320 g/mol. The van der Waals surface area contributed by atoms with Crippen LogP contribution in [0.15, 0.2) is 30.9 Å². The van der Waals surface area contributed by atoms with Crippen LogP contribution in [0, 0.1) is 0 Å². The average Bonchev–Trinajstić information content (AvgIpc) is 2.58. The summed E-state index contributed by atoms with van der Waals surface area (Å²) < 4.78 is 10.9. The lowest BCUT2D eigenvalue weighted by Crippen LogP contribution is -2.54. The number of hydrogen-bond acceptors (Lipinski definition) is 4. The van der Waals surface area contributed by atoms with E-state index in [1.165, 1.54) is 0 Å². The van der Waals surface area contributed by atoms with Crippen molar-refractivity contribution in [3.8, 4) is 11.5 Å². The molecule has 0 radical (unpaired) electrons. The molecule has 5 heteroatoms. The predicted octanol–water partition coefficient (Wildman–Crippen LogP) is 2.44. The second kappa shape index (κ2) is 9.20. The number of nitrogens with one attached hydrogen (secondary N) is 1. The first-order chi connectivity index (χ1) is 11.0. The molecule has 1 aromatic carbocycles. The van der Waals surface area contributed by atoms with E-state index in [1.807, 2.05) is 32.1 Å². The predicted molar refractivity (Wildman–Crippen MR) is 92.9 cm³/mol. The Hall–Kier alpha value is -2.01. The van der Waals surface area contributed by atoms with Gasteiger partial charge in [0.2, 0.25) is 0 Å². The summed E-state index contributed by atoms with van der Waals surface area (Å²) in [6, 6.07) is 5.62. The summed E-state index contributed by atoms with van der Waals surface area (Å²) in [5, 5.41) is 2.98. The van der Waals surface area contributed by atoms with E-state index in [2.05, 4.69) is 11.9 Å². The van der Waals surface area contributed by atoms with E-state index >= 15 is 0 Å². The Morgan fingerprint density at radius 3 is 2.57 bits per heavy atom. The third kappa shape index (κ3) is 5.28. The van der Waals surface area contributed by atoms with Gasteiger partial charge in [-0.25, -0.2) is 0 Å². The minimum absolute atomic E-state index is 0.0705. The Morgan fingerprint density at radius 2 is 2.04 bits per heavy atom. The molecule has 0 spiro atoms. The number of allylic oxidation sites excluding steroid dienone is 1. The molecule has 0 atom stereocenters. The van der Waals surface area contributed by atoms with Gasteiger partial charge in [-0.05, 0) is 37.0 Å². The van der Waals surface area contributed by atoms with E-state index < -0.39 is 0 Å². The molecule has 0 heterocycles. The fraction of sp³-hybridized carbons (Fsp3) is 0.500. The number of benzene rings is 1. The summed E-state index contributed by atoms with van der Waals surface area (Å²) in [6.45, 7) is 8.08. The zero-order valence-corrected chi connectivity index (χ0v) is 14.4. The van der Waals surface area contributed by atoms with Gasteiger partial charge in [-0.1, -0.05) is 26.0 Å². The van der Waals surface area contributed by atoms with Crippen molar-refractivity contribution < 1.29 is 14.3 Å². The first-order valence-electron chi connectivity index (χ1n) is 7.95. The smallest absolute Gasteiger partial charge is 0.258 e. The average molecular weight is 320 g/mol. The second-order valence-electron chi connectivity index (χ2n) is 5.51. The number of nitrogens with two attached hydrogens (primary N) is 1. The lowest BCUT2D eigenvalue weighted by Gasteiger charge is -2.31. The lowest BCUT2D eigenvalue weighted by atomic mass is 9.93. The SMILES string of the molecule is C=CCc1ccc(OCC(=O)NC(CC)(CC)CN)c(OC)c1. The van der Waals surface area contributed by atoms with Crippen molar-refractivity contribution in [2.45, 2.75) is 38.6 Å². The fourth-order valence-electron chi connectivity index (χ4n) is 2.37. The van der Waals surface area contributed by atoms with Gasteiger partial charge in [0.05, 0.1) is 12.6 Å². The first-order valence-corrected chi connectivity index (χ1v) is 7.95. The summed E-state index contributed by atoms with van der Waals surface area (Å²) in [5.41, 5.74) is 6.51. The van der Waals surface area contributed by atoms with Gasteiger partial charge in [0.15, 0.2) is 18.1 Å². The number of hydrogen-bond donors (Lipinski definition) is 2. The third-order valence-electron chi connectivity index (χ3n) is 4.12. The number of carbonyl (C=O) groups excluding carboxylic acids is 1. The van der Waals surface area contributed by atoms with Gasteiger partial charge in [-0.2, -0.15) is 0 Å². The van der Waals surface area contributed by atoms with Gasteiger partial charge in [0.25, 0.3) is 5.91 Å². The topological polar surface area (TPSA) is 73.6 Å². The molecular formula is C18H28N2O3. The highest BCUT2D eigenvalue weighted by molar-refractivity contribution is 5.78. The Balaban J connectivity index is 2.70. The number of rotatable bonds is 10. The van der Waals surface area contributed by atoms with E-state index in [0.717, 1.165) is 24.8 Å². The van der Waals surface area contributed by atoms with E-state index in [9.17, 15) is 4.79 Å². The maximum Gasteiger partial charge on any atom is 0.258 e. The maximum atomic E-state index is 12.1. The Labute approximate surface area is 138 Å². The minimum atomic E-state index is -0.363. The zero-order chi connectivity index (χ0) is 17.3.